The quantitative estimate of drug-likeness (QED) is 0.838. The number of rotatable bonds is 3. The summed E-state index contributed by atoms with van der Waals surface area (Å²) in [5, 5.41) is 0. The van der Waals surface area contributed by atoms with E-state index in [1.807, 2.05) is 24.3 Å². The number of fused-ring (bicyclic) bond motifs is 1. The van der Waals surface area contributed by atoms with Gasteiger partial charge in [-0.1, -0.05) is 18.2 Å². The van der Waals surface area contributed by atoms with Gasteiger partial charge in [0.05, 0.1) is 6.20 Å². The third-order valence-electron chi connectivity index (χ3n) is 5.42. The number of para-hydroxylation sites is 1. The second kappa shape index (κ2) is 7.47. The predicted molar refractivity (Wildman–Crippen MR) is 99.9 cm³/mol. The van der Waals surface area contributed by atoms with Gasteiger partial charge >= 0.3 is 0 Å². The van der Waals surface area contributed by atoms with Crippen LogP contribution in [0.15, 0.2) is 42.6 Å². The second-order valence-corrected chi connectivity index (χ2v) is 7.19. The van der Waals surface area contributed by atoms with E-state index in [-0.39, 0.29) is 30.1 Å². The molecule has 0 spiro atoms. The number of aromatic nitrogens is 1. The summed E-state index contributed by atoms with van der Waals surface area (Å²) in [4.78, 5) is 33.0. The molecule has 1 fully saturated rings. The van der Waals surface area contributed by atoms with Gasteiger partial charge in [0.15, 0.2) is 0 Å². The fourth-order valence-corrected chi connectivity index (χ4v) is 3.95. The van der Waals surface area contributed by atoms with Gasteiger partial charge in [0.2, 0.25) is 11.8 Å². The average Bonchev–Trinajstić information content (AvgIpc) is 3.11. The molecule has 140 valence electrons. The molecule has 1 saturated heterocycles. The van der Waals surface area contributed by atoms with Crippen LogP contribution in [0.5, 0.6) is 0 Å². The Hall–Kier alpha value is -2.76. The summed E-state index contributed by atoms with van der Waals surface area (Å²) in [7, 11) is 0. The van der Waals surface area contributed by atoms with Crippen LogP contribution in [0.25, 0.3) is 0 Å². The van der Waals surface area contributed by atoms with E-state index in [0.29, 0.717) is 19.5 Å². The topological polar surface area (TPSA) is 53.5 Å². The molecule has 0 bridgehead atoms. The maximum absolute atomic E-state index is 13.1. The van der Waals surface area contributed by atoms with Gasteiger partial charge in [-0.15, -0.1) is 0 Å². The zero-order chi connectivity index (χ0) is 18.8. The standard InChI is InChI=1S/C21H22FN3O2/c22-17-8-9-18(23-12-17)16-10-11-24(13-16)21(27)14-25-19-6-2-1-4-15(19)5-3-7-20(25)26/h1-2,4,6,8-9,12,16H,3,5,7,10-11,13-14H2. The van der Waals surface area contributed by atoms with Crippen molar-refractivity contribution in [2.45, 2.75) is 31.6 Å². The number of carbonyl (C=O) groups excluding carboxylic acids is 2. The first-order chi connectivity index (χ1) is 13.1. The van der Waals surface area contributed by atoms with Crippen LogP contribution in [0.1, 0.15) is 36.4 Å². The minimum atomic E-state index is -0.358. The number of likely N-dealkylation sites (tertiary alicyclic amines) is 1. The number of aryl methyl sites for hydroxylation is 1. The molecule has 2 amide bonds. The van der Waals surface area contributed by atoms with Crippen LogP contribution in [-0.4, -0.2) is 41.3 Å². The van der Waals surface area contributed by atoms with Crippen LogP contribution >= 0.6 is 0 Å². The molecule has 0 radical (unpaired) electrons. The minimum Gasteiger partial charge on any atom is -0.340 e. The zero-order valence-electron chi connectivity index (χ0n) is 15.1. The third-order valence-corrected chi connectivity index (χ3v) is 5.42. The van der Waals surface area contributed by atoms with Crippen LogP contribution in [0.3, 0.4) is 0 Å². The first kappa shape index (κ1) is 17.6. The average molecular weight is 367 g/mol. The number of halogens is 1. The van der Waals surface area contributed by atoms with Crippen LogP contribution in [0.4, 0.5) is 10.1 Å². The summed E-state index contributed by atoms with van der Waals surface area (Å²) in [6, 6.07) is 10.9. The Morgan fingerprint density at radius 2 is 2.04 bits per heavy atom. The molecule has 2 aromatic rings. The molecular weight excluding hydrogens is 345 g/mol. The Bertz CT molecular complexity index is 853. The normalized spacial score (nSPS) is 19.7. The fraction of sp³-hybridized carbons (Fsp3) is 0.381. The molecule has 1 unspecified atom stereocenters. The lowest BCUT2D eigenvalue weighted by Gasteiger charge is -2.25. The maximum Gasteiger partial charge on any atom is 0.242 e. The van der Waals surface area contributed by atoms with Crippen molar-refractivity contribution in [1.29, 1.82) is 0 Å². The maximum atomic E-state index is 13.1. The Morgan fingerprint density at radius 1 is 1.19 bits per heavy atom. The molecule has 1 aromatic carbocycles. The van der Waals surface area contributed by atoms with Crippen LogP contribution < -0.4 is 4.90 Å². The van der Waals surface area contributed by atoms with E-state index in [1.165, 1.54) is 12.3 Å². The first-order valence-corrected chi connectivity index (χ1v) is 9.39. The molecular formula is C21H22FN3O2. The number of pyridine rings is 1. The number of hydrogen-bond donors (Lipinski definition) is 0. The summed E-state index contributed by atoms with van der Waals surface area (Å²) in [5.74, 6) is -0.293. The predicted octanol–water partition coefficient (Wildman–Crippen LogP) is 2.91. The van der Waals surface area contributed by atoms with Gasteiger partial charge in [-0.05, 0) is 43.0 Å². The lowest BCUT2D eigenvalue weighted by Crippen LogP contribution is -2.42. The van der Waals surface area contributed by atoms with E-state index in [0.717, 1.165) is 36.2 Å². The highest BCUT2D eigenvalue weighted by Crippen LogP contribution is 2.29. The monoisotopic (exact) mass is 367 g/mol. The minimum absolute atomic E-state index is 0.00393. The van der Waals surface area contributed by atoms with E-state index in [9.17, 15) is 14.0 Å². The highest BCUT2D eigenvalue weighted by atomic mass is 19.1. The second-order valence-electron chi connectivity index (χ2n) is 7.19. The largest absolute Gasteiger partial charge is 0.340 e. The van der Waals surface area contributed by atoms with Crippen molar-refractivity contribution < 1.29 is 14.0 Å². The molecule has 0 saturated carbocycles. The molecule has 5 nitrogen and oxygen atoms in total. The van der Waals surface area contributed by atoms with E-state index in [1.54, 1.807) is 15.9 Å². The van der Waals surface area contributed by atoms with E-state index in [4.69, 9.17) is 0 Å². The number of anilines is 1. The van der Waals surface area contributed by atoms with Crippen molar-refractivity contribution in [2.24, 2.45) is 0 Å². The molecule has 1 atom stereocenters. The zero-order valence-corrected chi connectivity index (χ0v) is 15.1. The first-order valence-electron chi connectivity index (χ1n) is 9.39. The number of nitrogens with zero attached hydrogens (tertiary/aromatic N) is 3. The summed E-state index contributed by atoms with van der Waals surface area (Å²) < 4.78 is 13.1. The number of benzene rings is 1. The van der Waals surface area contributed by atoms with Gasteiger partial charge in [0.1, 0.15) is 12.4 Å². The van der Waals surface area contributed by atoms with Crippen molar-refractivity contribution in [1.82, 2.24) is 9.88 Å². The molecule has 1 aromatic heterocycles. The van der Waals surface area contributed by atoms with Gasteiger partial charge < -0.3 is 9.80 Å². The Kier molecular flexibility index (Phi) is 4.88. The van der Waals surface area contributed by atoms with Crippen molar-refractivity contribution >= 4 is 17.5 Å². The third kappa shape index (κ3) is 3.70. The molecule has 6 heteroatoms. The van der Waals surface area contributed by atoms with Gasteiger partial charge in [0, 0.05) is 36.8 Å². The number of carbonyl (C=O) groups is 2. The van der Waals surface area contributed by atoms with Crippen molar-refractivity contribution in [3.05, 3.63) is 59.7 Å². The van der Waals surface area contributed by atoms with Gasteiger partial charge in [0.25, 0.3) is 0 Å². The molecule has 3 heterocycles. The van der Waals surface area contributed by atoms with Crippen molar-refractivity contribution in [3.8, 4) is 0 Å². The number of amides is 2. The summed E-state index contributed by atoms with van der Waals surface area (Å²) >= 11 is 0. The van der Waals surface area contributed by atoms with Gasteiger partial charge in [-0.3, -0.25) is 14.6 Å². The van der Waals surface area contributed by atoms with Crippen LogP contribution in [-0.2, 0) is 16.0 Å². The summed E-state index contributed by atoms with van der Waals surface area (Å²) in [6.45, 7) is 1.26. The van der Waals surface area contributed by atoms with E-state index in [2.05, 4.69) is 4.98 Å². The van der Waals surface area contributed by atoms with Crippen molar-refractivity contribution in [3.63, 3.8) is 0 Å². The highest BCUT2D eigenvalue weighted by molar-refractivity contribution is 5.99. The Balaban J connectivity index is 1.46. The Morgan fingerprint density at radius 3 is 2.85 bits per heavy atom. The summed E-state index contributed by atoms with van der Waals surface area (Å²) in [6.07, 6.45) is 4.14. The van der Waals surface area contributed by atoms with E-state index >= 15 is 0 Å². The SMILES string of the molecule is O=C(CN1C(=O)CCCc2ccccc21)N1CCC(c2ccc(F)cn2)C1. The smallest absolute Gasteiger partial charge is 0.242 e. The van der Waals surface area contributed by atoms with Crippen LogP contribution in [0.2, 0.25) is 0 Å². The lowest BCUT2D eigenvalue weighted by atomic mass is 10.0. The van der Waals surface area contributed by atoms with E-state index < -0.39 is 0 Å². The molecule has 4 rings (SSSR count). The lowest BCUT2D eigenvalue weighted by molar-refractivity contribution is -0.130. The molecule has 0 N–H and O–H groups in total. The summed E-state index contributed by atoms with van der Waals surface area (Å²) in [5.41, 5.74) is 2.78. The molecule has 0 aliphatic carbocycles. The fourth-order valence-electron chi connectivity index (χ4n) is 3.95. The van der Waals surface area contributed by atoms with Crippen molar-refractivity contribution in [2.75, 3.05) is 24.5 Å². The molecule has 2 aliphatic rings. The van der Waals surface area contributed by atoms with Gasteiger partial charge in [-0.2, -0.15) is 0 Å². The Labute approximate surface area is 157 Å². The number of hydrogen-bond acceptors (Lipinski definition) is 3. The molecule has 2 aliphatic heterocycles. The van der Waals surface area contributed by atoms with Gasteiger partial charge in [-0.25, -0.2) is 4.39 Å². The molecule has 27 heavy (non-hydrogen) atoms. The van der Waals surface area contributed by atoms with Crippen LogP contribution in [0, 0.1) is 5.82 Å². The highest BCUT2D eigenvalue weighted by Gasteiger charge is 2.31.